The lowest BCUT2D eigenvalue weighted by Gasteiger charge is -2.43. The highest BCUT2D eigenvalue weighted by atomic mass is 28.4. The molecule has 3 N–H and O–H groups in total. The van der Waals surface area contributed by atoms with E-state index in [0.29, 0.717) is 66.8 Å². The number of ether oxygens (including phenoxy) is 6. The summed E-state index contributed by atoms with van der Waals surface area (Å²) in [5.41, 5.74) is 7.76. The summed E-state index contributed by atoms with van der Waals surface area (Å²) in [4.78, 5) is 16.7. The van der Waals surface area contributed by atoms with E-state index in [1.54, 1.807) is 21.3 Å². The number of methoxy groups -OCH3 is 4. The fourth-order valence-electron chi connectivity index (χ4n) is 9.64. The van der Waals surface area contributed by atoms with E-state index in [2.05, 4.69) is 79.7 Å². The van der Waals surface area contributed by atoms with Gasteiger partial charge in [-0.2, -0.15) is 5.26 Å². The number of phenolic OH excluding ortho intramolecular Hbond substituents is 1. The lowest BCUT2D eigenvalue weighted by atomic mass is 9.80. The molecule has 1 unspecified atom stereocenters. The maximum atomic E-state index is 14.6. The molecule has 4 aromatic rings. The molecule has 0 bridgehead atoms. The van der Waals surface area contributed by atoms with Crippen LogP contribution in [-0.2, 0) is 22.3 Å². The van der Waals surface area contributed by atoms with Crippen LogP contribution in [0, 0.1) is 25.2 Å². The van der Waals surface area contributed by atoms with Crippen LogP contribution < -0.4 is 34.0 Å². The van der Waals surface area contributed by atoms with Crippen LogP contribution in [0.2, 0.25) is 18.1 Å². The van der Waals surface area contributed by atoms with E-state index >= 15 is 0 Å². The van der Waals surface area contributed by atoms with Crippen molar-refractivity contribution in [2.24, 2.45) is 0 Å². The predicted octanol–water partition coefficient (Wildman–Crippen LogP) is 8.36. The van der Waals surface area contributed by atoms with Gasteiger partial charge in [-0.3, -0.25) is 4.90 Å². The Bertz CT molecular complexity index is 2360. The van der Waals surface area contributed by atoms with Gasteiger partial charge in [0.25, 0.3) is 8.32 Å². The van der Waals surface area contributed by atoms with Crippen molar-refractivity contribution in [2.75, 3.05) is 61.3 Å². The highest BCUT2D eigenvalue weighted by molar-refractivity contribution is 6.74. The number of aromatic hydroxyl groups is 1. The number of hydrogen-bond donors (Lipinski definition) is 3. The molecule has 4 aromatic carbocycles. The van der Waals surface area contributed by atoms with Crippen molar-refractivity contribution in [3.8, 4) is 51.7 Å². The van der Waals surface area contributed by atoms with Gasteiger partial charge in [-0.15, -0.1) is 0 Å². The van der Waals surface area contributed by atoms with Gasteiger partial charge in [-0.05, 0) is 73.1 Å². The van der Waals surface area contributed by atoms with Gasteiger partial charge in [0.1, 0.15) is 29.9 Å². The minimum absolute atomic E-state index is 0.0780. The van der Waals surface area contributed by atoms with E-state index < -0.39 is 38.6 Å². The number of alkyl carbamates (subject to hydrolysis) is 1. The number of nitrogens with one attached hydrogen (secondary N) is 2. The second-order valence-electron chi connectivity index (χ2n) is 18.5. The second-order valence-corrected chi connectivity index (χ2v) is 23.2. The number of nitrogens with zero attached hydrogens (tertiary/aromatic N) is 2. The third-order valence-corrected chi connectivity index (χ3v) is 18.2. The van der Waals surface area contributed by atoms with E-state index in [-0.39, 0.29) is 35.5 Å². The molecule has 3 aliphatic rings. The minimum Gasteiger partial charge on any atom is -0.541 e. The van der Waals surface area contributed by atoms with Gasteiger partial charge in [0.2, 0.25) is 0 Å². The van der Waals surface area contributed by atoms with E-state index in [9.17, 15) is 15.2 Å². The number of carbonyl (C=O) groups is 1. The van der Waals surface area contributed by atoms with Gasteiger partial charge in [0.15, 0.2) is 17.2 Å². The first-order valence-corrected chi connectivity index (χ1v) is 25.0. The lowest BCUT2D eigenvalue weighted by Crippen LogP contribution is -2.59. The molecule has 0 saturated carbocycles. The van der Waals surface area contributed by atoms with Crippen LogP contribution in [0.15, 0.2) is 54.6 Å². The van der Waals surface area contributed by atoms with E-state index in [0.717, 1.165) is 38.9 Å². The number of rotatable bonds is 14. The number of morpholine rings is 1. The van der Waals surface area contributed by atoms with Crippen molar-refractivity contribution in [3.05, 3.63) is 93.5 Å². The molecule has 2 aliphatic heterocycles. The van der Waals surface area contributed by atoms with E-state index in [1.807, 2.05) is 44.2 Å². The Hall–Kier alpha value is -5.46. The summed E-state index contributed by atoms with van der Waals surface area (Å²) in [5, 5.41) is 30.0. The Morgan fingerprint density at radius 3 is 2.06 bits per heavy atom. The summed E-state index contributed by atoms with van der Waals surface area (Å²) in [6, 6.07) is 18.3. The van der Waals surface area contributed by atoms with Crippen molar-refractivity contribution < 1.29 is 42.7 Å². The first kappa shape index (κ1) is 46.5. The van der Waals surface area contributed by atoms with Crippen LogP contribution >= 0.6 is 0 Å². The quantitative estimate of drug-likeness (QED) is 0.104. The third kappa shape index (κ3) is 8.70. The van der Waals surface area contributed by atoms with Crippen LogP contribution in [0.25, 0.3) is 11.1 Å². The van der Waals surface area contributed by atoms with Crippen molar-refractivity contribution in [1.82, 2.24) is 15.5 Å². The number of hydrogen-bond acceptors (Lipinski definition) is 12. The van der Waals surface area contributed by atoms with Crippen LogP contribution in [-0.4, -0.2) is 104 Å². The second kappa shape index (κ2) is 18.9. The van der Waals surface area contributed by atoms with E-state index in [1.165, 1.54) is 7.11 Å². The average Bonchev–Trinajstić information content (AvgIpc) is 3.59. The standard InChI is InChI=1S/C50H64N4O9Si/c1-29-45(57-6)31(25-41(47(29)59-8)63-64(10,11)50(3,4)5)24-39(53-49(56)62-28-37-34-18-14-12-16-32(34)33-17-13-15-19-35(33)37)43-42-36(46(58-7)30(2)48(60-9)44(42)55)26-38(52-43)40(27-51)54-20-22-61-23-21-54/h12-19,25,37-40,43,52,55H,20-24,26,28H2,1-11H3,(H,53,56)/t38?,39-,40-,43-/m0/s1. The molecule has 1 amide bonds. The minimum atomic E-state index is -2.39. The van der Waals surface area contributed by atoms with Gasteiger partial charge < -0.3 is 48.6 Å². The van der Waals surface area contributed by atoms with Gasteiger partial charge >= 0.3 is 6.09 Å². The predicted molar refractivity (Wildman–Crippen MR) is 249 cm³/mol. The molecule has 1 fully saturated rings. The maximum absolute atomic E-state index is 14.6. The molecule has 64 heavy (non-hydrogen) atoms. The average molecular weight is 893 g/mol. The zero-order valence-electron chi connectivity index (χ0n) is 39.1. The fraction of sp³-hybridized carbons (Fsp3) is 0.480. The molecular weight excluding hydrogens is 829 g/mol. The topological polar surface area (TPSA) is 153 Å². The molecule has 0 radical (unpaired) electrons. The lowest BCUT2D eigenvalue weighted by molar-refractivity contribution is 0.0179. The van der Waals surface area contributed by atoms with Crippen molar-refractivity contribution >= 4 is 14.4 Å². The zero-order chi connectivity index (χ0) is 46.1. The Kier molecular flexibility index (Phi) is 13.8. The molecule has 2 heterocycles. The van der Waals surface area contributed by atoms with Gasteiger partial charge in [0.05, 0.1) is 59.8 Å². The van der Waals surface area contributed by atoms with Crippen molar-refractivity contribution in [1.29, 1.82) is 5.26 Å². The summed E-state index contributed by atoms with van der Waals surface area (Å²) in [6.07, 6.45) is -0.103. The van der Waals surface area contributed by atoms with Crippen molar-refractivity contribution in [3.63, 3.8) is 0 Å². The first-order chi connectivity index (χ1) is 30.6. The number of nitriles is 1. The monoisotopic (exact) mass is 892 g/mol. The Morgan fingerprint density at radius 2 is 1.50 bits per heavy atom. The third-order valence-electron chi connectivity index (χ3n) is 13.8. The van der Waals surface area contributed by atoms with Crippen molar-refractivity contribution in [2.45, 2.75) is 95.7 Å². The fourth-order valence-corrected chi connectivity index (χ4v) is 10.7. The number of benzene rings is 4. The van der Waals surface area contributed by atoms with E-state index in [4.69, 9.17) is 32.8 Å². The summed E-state index contributed by atoms with van der Waals surface area (Å²) < 4.78 is 42.9. The highest BCUT2D eigenvalue weighted by Crippen LogP contribution is 2.51. The maximum Gasteiger partial charge on any atom is 0.407 e. The largest absolute Gasteiger partial charge is 0.541 e. The van der Waals surface area contributed by atoms with Crippen LogP contribution in [0.5, 0.6) is 34.5 Å². The molecule has 7 rings (SSSR count). The molecular formula is C50H64N4O9Si. The Morgan fingerprint density at radius 1 is 0.922 bits per heavy atom. The molecule has 0 spiro atoms. The molecule has 1 aliphatic carbocycles. The number of phenols is 1. The van der Waals surface area contributed by atoms with Gasteiger partial charge in [-0.25, -0.2) is 4.79 Å². The zero-order valence-corrected chi connectivity index (χ0v) is 40.1. The highest BCUT2D eigenvalue weighted by Gasteiger charge is 2.44. The molecule has 13 nitrogen and oxygen atoms in total. The molecule has 1 saturated heterocycles. The summed E-state index contributed by atoms with van der Waals surface area (Å²) >= 11 is 0. The van der Waals surface area contributed by atoms with Crippen LogP contribution in [0.3, 0.4) is 0 Å². The Balaban J connectivity index is 1.35. The smallest absolute Gasteiger partial charge is 0.407 e. The number of fused-ring (bicyclic) bond motifs is 4. The first-order valence-electron chi connectivity index (χ1n) is 22.1. The molecule has 0 aromatic heterocycles. The Labute approximate surface area is 379 Å². The van der Waals surface area contributed by atoms with Gasteiger partial charge in [-0.1, -0.05) is 69.3 Å². The summed E-state index contributed by atoms with van der Waals surface area (Å²) in [6.45, 7) is 17.0. The molecule has 342 valence electrons. The molecule has 14 heteroatoms. The number of amides is 1. The SMILES string of the molecule is COc1c(C[C@H](NC(=O)OCC2c3ccccc3-c3ccccc32)[C@@H]2NC([C@H](C#N)N3CCOCC3)Cc3c(OC)c(C)c(OC)c(O)c32)cc(O[Si](C)(C)C(C)(C)C)c(OC)c1C. The molecule has 4 atom stereocenters. The summed E-state index contributed by atoms with van der Waals surface area (Å²) in [5.74, 6) is 2.27. The normalized spacial score (nSPS) is 18.4. The number of carbonyl (C=O) groups excluding carboxylic acids is 1. The summed E-state index contributed by atoms with van der Waals surface area (Å²) in [7, 11) is 3.94. The van der Waals surface area contributed by atoms with Crippen LogP contribution in [0.4, 0.5) is 4.79 Å². The van der Waals surface area contributed by atoms with Crippen LogP contribution in [0.1, 0.15) is 71.7 Å². The van der Waals surface area contributed by atoms with Gasteiger partial charge in [0, 0.05) is 52.9 Å².